The first kappa shape index (κ1) is 20.2. The summed E-state index contributed by atoms with van der Waals surface area (Å²) in [6.45, 7) is 1.99. The summed E-state index contributed by atoms with van der Waals surface area (Å²) in [6, 6.07) is 17.2. The van der Waals surface area contributed by atoms with Crippen LogP contribution >= 0.6 is 0 Å². The molecule has 0 unspecified atom stereocenters. The standard InChI is InChI=1S/C26H30N4O/c27-15-24(30-26(31)25-19-7-9-23(29-25)10-8-19)13-17-1-3-18(4-2-17)20-5-6-22-16-28-12-11-21(22)14-20/h1-6,14,19,23-25,28-29H,7-13,16H2,(H,30,31)/t19?,23?,24-,25-/m0/s1. The molecule has 2 aromatic carbocycles. The van der Waals surface area contributed by atoms with E-state index in [1.54, 1.807) is 0 Å². The van der Waals surface area contributed by atoms with Gasteiger partial charge < -0.3 is 16.0 Å². The third-order valence-corrected chi connectivity index (χ3v) is 7.23. The summed E-state index contributed by atoms with van der Waals surface area (Å²) in [5.41, 5.74) is 6.30. The van der Waals surface area contributed by atoms with Gasteiger partial charge in [-0.3, -0.25) is 4.79 Å². The molecule has 5 nitrogen and oxygen atoms in total. The molecule has 2 saturated heterocycles. The van der Waals surface area contributed by atoms with Crippen LogP contribution in [0, 0.1) is 17.2 Å². The van der Waals surface area contributed by atoms with Crippen molar-refractivity contribution in [1.29, 1.82) is 5.26 Å². The van der Waals surface area contributed by atoms with Crippen molar-refractivity contribution in [2.45, 2.75) is 63.2 Å². The molecule has 2 atom stereocenters. The molecule has 160 valence electrons. The SMILES string of the molecule is N#C[C@H](Cc1ccc(-c2ccc3c(c2)CCNC3)cc1)NC(=O)[C@H]1NC2CCC1CC2. The largest absolute Gasteiger partial charge is 0.339 e. The number of piperidine rings is 2. The van der Waals surface area contributed by atoms with E-state index in [0.717, 1.165) is 37.9 Å². The third-order valence-electron chi connectivity index (χ3n) is 7.23. The van der Waals surface area contributed by atoms with Crippen molar-refractivity contribution in [3.8, 4) is 17.2 Å². The maximum Gasteiger partial charge on any atom is 0.238 e. The van der Waals surface area contributed by atoms with E-state index in [9.17, 15) is 10.1 Å². The third kappa shape index (κ3) is 4.37. The predicted octanol–water partition coefficient (Wildman–Crippen LogP) is 3.08. The molecule has 3 N–H and O–H groups in total. The van der Waals surface area contributed by atoms with Crippen molar-refractivity contribution in [3.63, 3.8) is 0 Å². The van der Waals surface area contributed by atoms with Crippen LogP contribution in [0.2, 0.25) is 0 Å². The molecule has 3 fully saturated rings. The smallest absolute Gasteiger partial charge is 0.238 e. The van der Waals surface area contributed by atoms with Crippen LogP contribution < -0.4 is 16.0 Å². The summed E-state index contributed by atoms with van der Waals surface area (Å²) in [6.07, 6.45) is 6.18. The van der Waals surface area contributed by atoms with Crippen LogP contribution in [0.1, 0.15) is 42.4 Å². The zero-order valence-corrected chi connectivity index (χ0v) is 17.9. The molecule has 0 spiro atoms. The topological polar surface area (TPSA) is 77.0 Å². The van der Waals surface area contributed by atoms with Crippen molar-refractivity contribution in [3.05, 3.63) is 59.2 Å². The van der Waals surface area contributed by atoms with E-state index in [1.807, 2.05) is 0 Å². The van der Waals surface area contributed by atoms with Crippen molar-refractivity contribution in [2.75, 3.05) is 6.54 Å². The van der Waals surface area contributed by atoms with E-state index >= 15 is 0 Å². The van der Waals surface area contributed by atoms with E-state index in [0.29, 0.717) is 18.4 Å². The Hall–Kier alpha value is -2.68. The quantitative estimate of drug-likeness (QED) is 0.703. The Morgan fingerprint density at radius 2 is 1.84 bits per heavy atom. The summed E-state index contributed by atoms with van der Waals surface area (Å²) in [7, 11) is 0. The lowest BCUT2D eigenvalue weighted by atomic mass is 9.76. The molecule has 1 amide bonds. The van der Waals surface area contributed by atoms with Gasteiger partial charge in [-0.25, -0.2) is 0 Å². The first-order valence-corrected chi connectivity index (χ1v) is 11.6. The van der Waals surface area contributed by atoms with Crippen LogP contribution in [0.5, 0.6) is 0 Å². The van der Waals surface area contributed by atoms with E-state index in [2.05, 4.69) is 64.5 Å². The zero-order valence-electron chi connectivity index (χ0n) is 17.9. The predicted molar refractivity (Wildman–Crippen MR) is 121 cm³/mol. The van der Waals surface area contributed by atoms with Crippen molar-refractivity contribution < 1.29 is 4.79 Å². The Labute approximate surface area is 184 Å². The fourth-order valence-electron chi connectivity index (χ4n) is 5.42. The molecule has 0 aromatic heterocycles. The number of amides is 1. The molecule has 2 bridgehead atoms. The Morgan fingerprint density at radius 3 is 2.55 bits per heavy atom. The Morgan fingerprint density at radius 1 is 1.06 bits per heavy atom. The molecule has 1 saturated carbocycles. The van der Waals surface area contributed by atoms with E-state index < -0.39 is 6.04 Å². The molecule has 5 heteroatoms. The van der Waals surface area contributed by atoms with Gasteiger partial charge >= 0.3 is 0 Å². The van der Waals surface area contributed by atoms with Crippen LogP contribution in [0.3, 0.4) is 0 Å². The van der Waals surface area contributed by atoms with Gasteiger partial charge in [0.05, 0.1) is 12.1 Å². The van der Waals surface area contributed by atoms with Crippen LogP contribution in [-0.2, 0) is 24.2 Å². The number of hydrogen-bond donors (Lipinski definition) is 3. The van der Waals surface area contributed by atoms with Crippen LogP contribution in [0.4, 0.5) is 0 Å². The van der Waals surface area contributed by atoms with Crippen LogP contribution in [0.25, 0.3) is 11.1 Å². The second-order valence-corrected chi connectivity index (χ2v) is 9.26. The zero-order chi connectivity index (χ0) is 21.2. The normalized spacial score (nSPS) is 25.3. The molecule has 3 heterocycles. The van der Waals surface area contributed by atoms with Gasteiger partial charge in [0.25, 0.3) is 0 Å². The summed E-state index contributed by atoms with van der Waals surface area (Å²) in [4.78, 5) is 12.8. The summed E-state index contributed by atoms with van der Waals surface area (Å²) < 4.78 is 0. The minimum atomic E-state index is -0.503. The number of hydrogen-bond acceptors (Lipinski definition) is 4. The molecular formula is C26H30N4O. The lowest BCUT2D eigenvalue weighted by Gasteiger charge is -2.42. The maximum absolute atomic E-state index is 12.8. The van der Waals surface area contributed by atoms with Gasteiger partial charge in [-0.1, -0.05) is 42.5 Å². The maximum atomic E-state index is 12.8. The van der Waals surface area contributed by atoms with Crippen LogP contribution in [-0.4, -0.2) is 30.6 Å². The van der Waals surface area contributed by atoms with E-state index in [-0.39, 0.29) is 11.9 Å². The van der Waals surface area contributed by atoms with Crippen molar-refractivity contribution >= 4 is 5.91 Å². The molecule has 4 aliphatic rings. The van der Waals surface area contributed by atoms with Gasteiger partial charge in [0.15, 0.2) is 0 Å². The van der Waals surface area contributed by atoms with Crippen molar-refractivity contribution in [2.24, 2.45) is 5.92 Å². The molecule has 0 radical (unpaired) electrons. The summed E-state index contributed by atoms with van der Waals surface area (Å²) in [5, 5.41) is 19.5. The van der Waals surface area contributed by atoms with Crippen molar-refractivity contribution in [1.82, 2.24) is 16.0 Å². The average molecular weight is 415 g/mol. The van der Waals surface area contributed by atoms with Gasteiger partial charge in [-0.15, -0.1) is 0 Å². The minimum Gasteiger partial charge on any atom is -0.339 e. The molecular weight excluding hydrogens is 384 g/mol. The average Bonchev–Trinajstić information content (AvgIpc) is 2.84. The monoisotopic (exact) mass is 414 g/mol. The van der Waals surface area contributed by atoms with Gasteiger partial charge in [-0.2, -0.15) is 5.26 Å². The summed E-state index contributed by atoms with van der Waals surface area (Å²) >= 11 is 0. The second kappa shape index (κ2) is 8.82. The van der Waals surface area contributed by atoms with Crippen LogP contribution in [0.15, 0.2) is 42.5 Å². The number of carbonyl (C=O) groups is 1. The van der Waals surface area contributed by atoms with E-state index in [4.69, 9.17) is 0 Å². The Kier molecular flexibility index (Phi) is 5.76. The van der Waals surface area contributed by atoms with Gasteiger partial charge in [0.2, 0.25) is 5.91 Å². The second-order valence-electron chi connectivity index (χ2n) is 9.26. The highest BCUT2D eigenvalue weighted by molar-refractivity contribution is 5.83. The molecule has 1 aliphatic carbocycles. The number of benzene rings is 2. The lowest BCUT2D eigenvalue weighted by molar-refractivity contribution is -0.127. The molecule has 2 aromatic rings. The molecule has 3 aliphatic heterocycles. The van der Waals surface area contributed by atoms with Gasteiger partial charge in [0.1, 0.15) is 6.04 Å². The fourth-order valence-corrected chi connectivity index (χ4v) is 5.42. The number of fused-ring (bicyclic) bond motifs is 4. The highest BCUT2D eigenvalue weighted by Gasteiger charge is 2.39. The molecule has 6 rings (SSSR count). The number of carbonyl (C=O) groups excluding carboxylic acids is 1. The fraction of sp³-hybridized carbons (Fsp3) is 0.462. The van der Waals surface area contributed by atoms with E-state index in [1.165, 1.54) is 35.1 Å². The number of rotatable bonds is 5. The molecule has 31 heavy (non-hydrogen) atoms. The number of nitrogens with zero attached hydrogens (tertiary/aromatic N) is 1. The highest BCUT2D eigenvalue weighted by atomic mass is 16.2. The highest BCUT2D eigenvalue weighted by Crippen LogP contribution is 2.33. The van der Waals surface area contributed by atoms with Gasteiger partial charge in [-0.05, 0) is 72.4 Å². The minimum absolute atomic E-state index is 0.0129. The first-order valence-electron chi connectivity index (χ1n) is 11.6. The first-order chi connectivity index (χ1) is 15.2. The van der Waals surface area contributed by atoms with Gasteiger partial charge in [0, 0.05) is 19.0 Å². The Bertz CT molecular complexity index is 985. The Balaban J connectivity index is 1.22. The number of nitriles is 1. The summed E-state index contributed by atoms with van der Waals surface area (Å²) in [5.74, 6) is 0.400. The lowest BCUT2D eigenvalue weighted by Crippen LogP contribution is -2.59. The number of nitrogens with one attached hydrogen (secondary N) is 3.